The molecule has 4 aromatic carbocycles. The number of nitrogens with zero attached hydrogens (tertiary/aromatic N) is 8. The molecule has 0 spiro atoms. The zero-order chi connectivity index (χ0) is 56.4. The van der Waals surface area contributed by atoms with Gasteiger partial charge >= 0.3 is 12.2 Å². The summed E-state index contributed by atoms with van der Waals surface area (Å²) in [5.74, 6) is 1.05. The maximum Gasteiger partial charge on any atom is 0.410 e. The fourth-order valence-electron chi connectivity index (χ4n) is 10.2. The van der Waals surface area contributed by atoms with Crippen molar-refractivity contribution in [2.24, 2.45) is 0 Å². The number of hydrogen-bond acceptors (Lipinski definition) is 13. The van der Waals surface area contributed by atoms with Gasteiger partial charge in [-0.1, -0.05) is 36.4 Å². The summed E-state index contributed by atoms with van der Waals surface area (Å²) in [5, 5.41) is 18.5. The van der Waals surface area contributed by atoms with Gasteiger partial charge in [-0.25, -0.2) is 9.59 Å². The normalized spacial score (nSPS) is 20.2. The van der Waals surface area contributed by atoms with Crippen molar-refractivity contribution in [3.05, 3.63) is 131 Å². The second kappa shape index (κ2) is 25.7. The Hall–Kier alpha value is -7.22. The molecular formula is C60H78N8O11. The van der Waals surface area contributed by atoms with E-state index in [9.17, 15) is 39.0 Å². The van der Waals surface area contributed by atoms with Crippen molar-refractivity contribution >= 4 is 35.8 Å². The Labute approximate surface area is 464 Å². The summed E-state index contributed by atoms with van der Waals surface area (Å²) in [7, 11) is 0. The van der Waals surface area contributed by atoms with Crippen LogP contribution in [0.25, 0.3) is 0 Å². The zero-order valence-corrected chi connectivity index (χ0v) is 46.6. The molecule has 19 heteroatoms. The summed E-state index contributed by atoms with van der Waals surface area (Å²) in [6.07, 6.45) is 0.267. The molecule has 0 saturated carbocycles. The van der Waals surface area contributed by atoms with Crippen molar-refractivity contribution in [3.63, 3.8) is 0 Å². The molecule has 6 aliphatic rings. The van der Waals surface area contributed by atoms with Crippen LogP contribution in [0.3, 0.4) is 0 Å². The van der Waals surface area contributed by atoms with Crippen molar-refractivity contribution in [2.45, 2.75) is 89.9 Å². The van der Waals surface area contributed by atoms with Crippen molar-refractivity contribution in [2.75, 3.05) is 105 Å². The van der Waals surface area contributed by atoms with Crippen molar-refractivity contribution in [3.8, 4) is 11.5 Å². The molecule has 424 valence electrons. The summed E-state index contributed by atoms with van der Waals surface area (Å²) in [6.45, 7) is 22.1. The van der Waals surface area contributed by atoms with Gasteiger partial charge in [-0.3, -0.25) is 29.0 Å². The molecule has 4 aromatic rings. The Balaban J connectivity index is 0.000000177. The first kappa shape index (κ1) is 57.9. The second-order valence-electron chi connectivity index (χ2n) is 23.0. The summed E-state index contributed by atoms with van der Waals surface area (Å²) in [5.41, 5.74) is 1.73. The third kappa shape index (κ3) is 16.0. The number of phenolic OH excluding ortho intramolecular Hbond substituents is 1. The molecule has 6 fully saturated rings. The third-order valence-electron chi connectivity index (χ3n) is 14.7. The van der Waals surface area contributed by atoms with Crippen LogP contribution in [0.1, 0.15) is 95.8 Å². The monoisotopic (exact) mass is 1090 g/mol. The number of aromatic hydroxyl groups is 1. The average Bonchev–Trinajstić information content (AvgIpc) is 4.08. The predicted octanol–water partition coefficient (Wildman–Crippen LogP) is 6.02. The Kier molecular flexibility index (Phi) is 18.9. The van der Waals surface area contributed by atoms with Crippen LogP contribution in [0.2, 0.25) is 0 Å². The first-order valence-corrected chi connectivity index (χ1v) is 27.6. The van der Waals surface area contributed by atoms with Crippen LogP contribution in [0.4, 0.5) is 9.59 Å². The van der Waals surface area contributed by atoms with Gasteiger partial charge in [0, 0.05) is 139 Å². The smallest absolute Gasteiger partial charge is 0.410 e. The standard InChI is InChI=1S/C30H38N4O5.C21H23N3O3.C9H17NO3/c1-30(2,3)39-29(37)33-14-13-26(21-33)38-25-11-9-23(10-12-25)28(36)34-19-24(20-34)31-15-17-32(18-16-31)27(35)22-7-5-4-6-8-22;25-19-8-6-17(7-9-19)21(27)24-14-18(15-24)22-10-12-23(13-11-22)20(26)16-4-2-1-3-5-16;1-9(2,3)13-8(12)10-5-4-7(11)6-10/h4-12,24,26H,13-21H2,1-3H3;1-9,18,25H,10-15H2;7,11H,4-6H2,1-3H3/t26-;;7-/m0.1/s1. The van der Waals surface area contributed by atoms with E-state index in [4.69, 9.17) is 14.2 Å². The van der Waals surface area contributed by atoms with Crippen molar-refractivity contribution in [1.82, 2.24) is 39.2 Å². The lowest BCUT2D eigenvalue weighted by molar-refractivity contribution is 0.00806. The molecule has 0 bridgehead atoms. The lowest BCUT2D eigenvalue weighted by Crippen LogP contribution is -2.64. The SMILES string of the molecule is CC(C)(C)OC(=O)N1CC[C@@H](O)C1.CC(C)(C)OC(=O)N1CC[C@H](Oc2ccc(C(=O)N3CC(N4CCN(C(=O)c5ccccc5)CC4)C3)cc2)C1.O=C(c1ccccc1)N1CCN(C2CN(C(=O)c3ccc(O)cc3)C2)CC1. The second-order valence-corrected chi connectivity index (χ2v) is 23.0. The quantitative estimate of drug-likeness (QED) is 0.208. The van der Waals surface area contributed by atoms with Gasteiger partial charge < -0.3 is 53.8 Å². The van der Waals surface area contributed by atoms with Gasteiger partial charge in [0.05, 0.1) is 12.6 Å². The minimum absolute atomic E-state index is 0.00383. The largest absolute Gasteiger partial charge is 0.508 e. The van der Waals surface area contributed by atoms with E-state index in [-0.39, 0.29) is 53.8 Å². The highest BCUT2D eigenvalue weighted by atomic mass is 16.6. The number of aliphatic hydroxyl groups is 1. The van der Waals surface area contributed by atoms with Gasteiger partial charge in [-0.2, -0.15) is 0 Å². The highest BCUT2D eigenvalue weighted by Crippen LogP contribution is 2.26. The summed E-state index contributed by atoms with van der Waals surface area (Å²) in [4.78, 5) is 89.8. The Morgan fingerprint density at radius 3 is 1.18 bits per heavy atom. The van der Waals surface area contributed by atoms with E-state index in [0.717, 1.165) is 56.8 Å². The number of amides is 6. The number of carbonyl (C=O) groups excluding carboxylic acids is 6. The number of ether oxygens (including phenoxy) is 3. The molecule has 6 saturated heterocycles. The van der Waals surface area contributed by atoms with Gasteiger partial charge in [0.2, 0.25) is 0 Å². The van der Waals surface area contributed by atoms with Crippen LogP contribution in [0, 0.1) is 0 Å². The highest BCUT2D eigenvalue weighted by molar-refractivity contribution is 5.96. The molecule has 6 amide bonds. The van der Waals surface area contributed by atoms with Crippen LogP contribution < -0.4 is 4.74 Å². The molecule has 0 unspecified atom stereocenters. The summed E-state index contributed by atoms with van der Waals surface area (Å²) < 4.78 is 16.7. The van der Waals surface area contributed by atoms with E-state index in [0.29, 0.717) is 101 Å². The van der Waals surface area contributed by atoms with Gasteiger partial charge in [-0.15, -0.1) is 0 Å². The number of hydrogen-bond donors (Lipinski definition) is 2. The Morgan fingerprint density at radius 1 is 0.418 bits per heavy atom. The fourth-order valence-corrected chi connectivity index (χ4v) is 10.2. The molecule has 0 aliphatic carbocycles. The van der Waals surface area contributed by atoms with E-state index in [1.54, 1.807) is 29.2 Å². The highest BCUT2D eigenvalue weighted by Gasteiger charge is 2.39. The fraction of sp³-hybridized carbons (Fsp3) is 0.500. The predicted molar refractivity (Wildman–Crippen MR) is 297 cm³/mol. The first-order chi connectivity index (χ1) is 37.7. The third-order valence-corrected chi connectivity index (χ3v) is 14.7. The van der Waals surface area contributed by atoms with Gasteiger partial charge in [0.25, 0.3) is 23.6 Å². The van der Waals surface area contributed by atoms with E-state index >= 15 is 0 Å². The maximum atomic E-state index is 13.0. The van der Waals surface area contributed by atoms with Crippen LogP contribution >= 0.6 is 0 Å². The molecule has 6 aliphatic heterocycles. The number of rotatable bonds is 8. The molecule has 10 rings (SSSR count). The minimum Gasteiger partial charge on any atom is -0.508 e. The average molecular weight is 1090 g/mol. The molecule has 6 heterocycles. The topological polar surface area (TPSA) is 196 Å². The number of aliphatic hydroxyl groups excluding tert-OH is 1. The van der Waals surface area contributed by atoms with Crippen LogP contribution in [0.5, 0.6) is 11.5 Å². The lowest BCUT2D eigenvalue weighted by atomic mass is 10.0. The molecular weight excluding hydrogens is 1010 g/mol. The first-order valence-electron chi connectivity index (χ1n) is 27.6. The molecule has 2 atom stereocenters. The van der Waals surface area contributed by atoms with Crippen LogP contribution in [-0.2, 0) is 9.47 Å². The van der Waals surface area contributed by atoms with Crippen molar-refractivity contribution in [1.29, 1.82) is 0 Å². The molecule has 0 aromatic heterocycles. The van der Waals surface area contributed by atoms with Crippen LogP contribution in [0.15, 0.2) is 109 Å². The Bertz CT molecular complexity index is 2690. The summed E-state index contributed by atoms with van der Waals surface area (Å²) >= 11 is 0. The van der Waals surface area contributed by atoms with Gasteiger partial charge in [-0.05, 0) is 121 Å². The lowest BCUT2D eigenvalue weighted by Gasteiger charge is -2.48. The number of β-amino-alcohol motifs (C(OH)–C–C–N with tert-alkyl or cyclic N) is 1. The van der Waals surface area contributed by atoms with Gasteiger partial charge in [0.15, 0.2) is 0 Å². The van der Waals surface area contributed by atoms with Gasteiger partial charge in [0.1, 0.15) is 28.8 Å². The van der Waals surface area contributed by atoms with E-state index in [1.807, 2.05) is 134 Å². The molecule has 0 radical (unpaired) electrons. The number of piperazine rings is 2. The molecule has 2 N–H and O–H groups in total. The van der Waals surface area contributed by atoms with E-state index in [1.165, 1.54) is 17.0 Å². The zero-order valence-electron chi connectivity index (χ0n) is 46.6. The van der Waals surface area contributed by atoms with E-state index in [2.05, 4.69) is 9.80 Å². The van der Waals surface area contributed by atoms with Crippen molar-refractivity contribution < 1.29 is 53.2 Å². The number of benzene rings is 4. The number of carbonyl (C=O) groups is 6. The Morgan fingerprint density at radius 2 is 0.785 bits per heavy atom. The van der Waals surface area contributed by atoms with E-state index < -0.39 is 11.2 Å². The number of phenols is 1. The molecule has 19 nitrogen and oxygen atoms in total. The minimum atomic E-state index is -0.521. The number of likely N-dealkylation sites (tertiary alicyclic amines) is 4. The van der Waals surface area contributed by atoms with Crippen LogP contribution in [-0.4, -0.2) is 225 Å². The summed E-state index contributed by atoms with van der Waals surface area (Å²) in [6, 6.07) is 33.1. The molecule has 79 heavy (non-hydrogen) atoms. The maximum absolute atomic E-state index is 13.0.